The number of benzene rings is 1. The number of hydrogen-bond acceptors (Lipinski definition) is 2. The minimum absolute atomic E-state index is 0.190. The van der Waals surface area contributed by atoms with E-state index < -0.39 is 0 Å². The van der Waals surface area contributed by atoms with Crippen molar-refractivity contribution in [3.63, 3.8) is 0 Å². The number of alkyl halides is 1. The zero-order valence-electron chi connectivity index (χ0n) is 12.4. The zero-order chi connectivity index (χ0) is 14.7. The molecule has 0 aromatic heterocycles. The lowest BCUT2D eigenvalue weighted by Gasteiger charge is -2.32. The van der Waals surface area contributed by atoms with Crippen molar-refractivity contribution in [1.29, 1.82) is 0 Å². The normalized spacial score (nSPS) is 23.5. The third-order valence-corrected chi connectivity index (χ3v) is 5.36. The number of carbonyl (C=O) groups is 1. The van der Waals surface area contributed by atoms with Gasteiger partial charge in [-0.05, 0) is 50.0 Å². The first kappa shape index (κ1) is 15.0. The molecule has 0 radical (unpaired) electrons. The van der Waals surface area contributed by atoms with Gasteiger partial charge in [-0.25, -0.2) is 0 Å². The summed E-state index contributed by atoms with van der Waals surface area (Å²) in [6, 6.07) is 8.54. The Labute approximate surface area is 135 Å². The Morgan fingerprint density at radius 1 is 1.10 bits per heavy atom. The van der Waals surface area contributed by atoms with Gasteiger partial charge in [0.25, 0.3) is 5.91 Å². The molecule has 1 aromatic carbocycles. The Balaban J connectivity index is 1.60. The van der Waals surface area contributed by atoms with Gasteiger partial charge in [0.1, 0.15) is 0 Å². The number of likely N-dealkylation sites (tertiary alicyclic amines) is 2. The van der Waals surface area contributed by atoms with Crippen LogP contribution in [0.5, 0.6) is 0 Å². The van der Waals surface area contributed by atoms with Crippen molar-refractivity contribution in [2.45, 2.75) is 37.1 Å². The maximum Gasteiger partial charge on any atom is 0.253 e. The molecule has 1 amide bonds. The smallest absolute Gasteiger partial charge is 0.253 e. The van der Waals surface area contributed by atoms with Gasteiger partial charge in [0.05, 0.1) is 0 Å². The highest BCUT2D eigenvalue weighted by atomic mass is 79.9. The highest BCUT2D eigenvalue weighted by molar-refractivity contribution is 9.08. The van der Waals surface area contributed by atoms with Crippen molar-refractivity contribution in [3.05, 3.63) is 35.4 Å². The Morgan fingerprint density at radius 3 is 2.48 bits per heavy atom. The minimum Gasteiger partial charge on any atom is -0.337 e. The van der Waals surface area contributed by atoms with Gasteiger partial charge in [-0.2, -0.15) is 0 Å². The number of carbonyl (C=O) groups excluding carboxylic acids is 1. The maximum atomic E-state index is 12.6. The molecule has 3 rings (SSSR count). The summed E-state index contributed by atoms with van der Waals surface area (Å²) in [6.45, 7) is 4.23. The molecular weight excluding hydrogens is 328 g/mol. The highest BCUT2D eigenvalue weighted by Gasteiger charge is 2.31. The first-order valence-corrected chi connectivity index (χ1v) is 9.08. The van der Waals surface area contributed by atoms with Gasteiger partial charge in [-0.15, -0.1) is 0 Å². The first-order valence-electron chi connectivity index (χ1n) is 7.96. The van der Waals surface area contributed by atoms with Gasteiger partial charge in [0.2, 0.25) is 0 Å². The SMILES string of the molecule is O=C(c1ccc(CBr)cc1)N1CCC(N2CCCCC2)C1. The molecule has 1 unspecified atom stereocenters. The van der Waals surface area contributed by atoms with Crippen LogP contribution in [0.2, 0.25) is 0 Å². The third-order valence-electron chi connectivity index (χ3n) is 4.71. The quantitative estimate of drug-likeness (QED) is 0.781. The monoisotopic (exact) mass is 350 g/mol. The van der Waals surface area contributed by atoms with Crippen LogP contribution in [-0.2, 0) is 5.33 Å². The van der Waals surface area contributed by atoms with E-state index in [1.807, 2.05) is 29.2 Å². The van der Waals surface area contributed by atoms with E-state index in [1.54, 1.807) is 0 Å². The number of nitrogens with zero attached hydrogens (tertiary/aromatic N) is 2. The Morgan fingerprint density at radius 2 is 1.81 bits per heavy atom. The molecule has 1 aromatic rings. The molecule has 2 saturated heterocycles. The number of hydrogen-bond donors (Lipinski definition) is 0. The standard InChI is InChI=1S/C17H23BrN2O/c18-12-14-4-6-15(7-5-14)17(21)20-11-8-16(13-20)19-9-2-1-3-10-19/h4-7,16H,1-3,8-13H2. The van der Waals surface area contributed by atoms with E-state index in [0.717, 1.165) is 30.4 Å². The Bertz CT molecular complexity index is 482. The van der Waals surface area contributed by atoms with Crippen molar-refractivity contribution < 1.29 is 4.79 Å². The molecule has 0 bridgehead atoms. The predicted octanol–water partition coefficient (Wildman–Crippen LogP) is 3.28. The van der Waals surface area contributed by atoms with E-state index >= 15 is 0 Å². The average molecular weight is 351 g/mol. The van der Waals surface area contributed by atoms with Crippen LogP contribution in [0.4, 0.5) is 0 Å². The fourth-order valence-electron chi connectivity index (χ4n) is 3.43. The summed E-state index contributed by atoms with van der Waals surface area (Å²) in [5.74, 6) is 0.190. The van der Waals surface area contributed by atoms with Gasteiger partial charge < -0.3 is 4.90 Å². The van der Waals surface area contributed by atoms with Gasteiger partial charge in [-0.3, -0.25) is 9.69 Å². The fraction of sp³-hybridized carbons (Fsp3) is 0.588. The molecule has 2 heterocycles. The van der Waals surface area contributed by atoms with Crippen molar-refractivity contribution in [2.24, 2.45) is 0 Å². The number of rotatable bonds is 3. The van der Waals surface area contributed by atoms with Crippen molar-refractivity contribution in [3.8, 4) is 0 Å². The summed E-state index contributed by atoms with van der Waals surface area (Å²) in [5.41, 5.74) is 2.03. The lowest BCUT2D eigenvalue weighted by atomic mass is 10.1. The molecule has 1 atom stereocenters. The second-order valence-electron chi connectivity index (χ2n) is 6.12. The van der Waals surface area contributed by atoms with Crippen molar-refractivity contribution in [1.82, 2.24) is 9.80 Å². The van der Waals surface area contributed by atoms with E-state index in [9.17, 15) is 4.79 Å². The molecule has 2 aliphatic heterocycles. The zero-order valence-corrected chi connectivity index (χ0v) is 14.0. The van der Waals surface area contributed by atoms with E-state index in [4.69, 9.17) is 0 Å². The van der Waals surface area contributed by atoms with Crippen LogP contribution in [0.25, 0.3) is 0 Å². The molecule has 0 saturated carbocycles. The number of amides is 1. The van der Waals surface area contributed by atoms with Crippen LogP contribution < -0.4 is 0 Å². The first-order chi connectivity index (χ1) is 10.3. The van der Waals surface area contributed by atoms with Gasteiger partial charge in [0, 0.05) is 30.0 Å². The Kier molecular flexibility index (Phi) is 4.96. The van der Waals surface area contributed by atoms with E-state index in [0.29, 0.717) is 6.04 Å². The number of halogens is 1. The molecular formula is C17H23BrN2O. The highest BCUT2D eigenvalue weighted by Crippen LogP contribution is 2.22. The summed E-state index contributed by atoms with van der Waals surface area (Å²) in [4.78, 5) is 17.2. The molecule has 2 fully saturated rings. The summed E-state index contributed by atoms with van der Waals surface area (Å²) >= 11 is 3.44. The van der Waals surface area contributed by atoms with Crippen molar-refractivity contribution in [2.75, 3.05) is 26.2 Å². The molecule has 2 aliphatic rings. The van der Waals surface area contributed by atoms with Gasteiger partial charge in [0.15, 0.2) is 0 Å². The molecule has 114 valence electrons. The van der Waals surface area contributed by atoms with Gasteiger partial charge >= 0.3 is 0 Å². The van der Waals surface area contributed by atoms with E-state index in [-0.39, 0.29) is 5.91 Å². The summed E-state index contributed by atoms with van der Waals surface area (Å²) < 4.78 is 0. The van der Waals surface area contributed by atoms with E-state index in [1.165, 1.54) is 37.9 Å². The number of piperidine rings is 1. The molecule has 3 nitrogen and oxygen atoms in total. The lowest BCUT2D eigenvalue weighted by Crippen LogP contribution is -2.41. The molecule has 0 spiro atoms. The second-order valence-corrected chi connectivity index (χ2v) is 6.68. The van der Waals surface area contributed by atoms with Crippen LogP contribution in [0, 0.1) is 0 Å². The Hall–Kier alpha value is -0.870. The molecule has 4 heteroatoms. The second kappa shape index (κ2) is 6.93. The lowest BCUT2D eigenvalue weighted by molar-refractivity contribution is 0.0771. The average Bonchev–Trinajstić information content (AvgIpc) is 3.05. The third kappa shape index (κ3) is 3.49. The summed E-state index contributed by atoms with van der Waals surface area (Å²) in [7, 11) is 0. The van der Waals surface area contributed by atoms with E-state index in [2.05, 4.69) is 20.8 Å². The summed E-state index contributed by atoms with van der Waals surface area (Å²) in [6.07, 6.45) is 5.13. The van der Waals surface area contributed by atoms with Crippen LogP contribution in [-0.4, -0.2) is 47.9 Å². The van der Waals surface area contributed by atoms with Crippen LogP contribution >= 0.6 is 15.9 Å². The minimum atomic E-state index is 0.190. The molecule has 21 heavy (non-hydrogen) atoms. The van der Waals surface area contributed by atoms with Gasteiger partial charge in [-0.1, -0.05) is 34.5 Å². The fourth-order valence-corrected chi connectivity index (χ4v) is 3.80. The molecule has 0 N–H and O–H groups in total. The topological polar surface area (TPSA) is 23.6 Å². The maximum absolute atomic E-state index is 12.6. The van der Waals surface area contributed by atoms with Crippen LogP contribution in [0.3, 0.4) is 0 Å². The largest absolute Gasteiger partial charge is 0.337 e. The van der Waals surface area contributed by atoms with Crippen molar-refractivity contribution >= 4 is 21.8 Å². The predicted molar refractivity (Wildman–Crippen MR) is 88.8 cm³/mol. The van der Waals surface area contributed by atoms with Crippen LogP contribution in [0.1, 0.15) is 41.6 Å². The van der Waals surface area contributed by atoms with Crippen LogP contribution in [0.15, 0.2) is 24.3 Å². The summed E-state index contributed by atoms with van der Waals surface area (Å²) in [5, 5.41) is 0.836. The molecule has 0 aliphatic carbocycles.